The summed E-state index contributed by atoms with van der Waals surface area (Å²) >= 11 is 0. The smallest absolute Gasteiger partial charge is 0.209 e. The van der Waals surface area contributed by atoms with Crippen molar-refractivity contribution in [3.63, 3.8) is 0 Å². The number of aromatic nitrogens is 1. The molecule has 0 aliphatic carbocycles. The average Bonchev–Trinajstić information content (AvgIpc) is 2.84. The van der Waals surface area contributed by atoms with E-state index in [4.69, 9.17) is 4.42 Å². The molecule has 2 aromatic carbocycles. The fraction of sp³-hybridized carbons (Fsp3) is 0.278. The number of hydrogen-bond acceptors (Lipinski definition) is 3. The Morgan fingerprint density at radius 3 is 2.67 bits per heavy atom. The number of aryl methyl sites for hydroxylation is 2. The molecule has 1 heterocycles. The van der Waals surface area contributed by atoms with E-state index in [9.17, 15) is 0 Å². The first-order valence-electron chi connectivity index (χ1n) is 7.21. The molecule has 0 bridgehead atoms. The lowest BCUT2D eigenvalue weighted by Gasteiger charge is -2.16. The SMILES string of the molecule is Cc1ccc(C)c(CN(C)Cc2nc3ccccc3o2)c1. The van der Waals surface area contributed by atoms with E-state index >= 15 is 0 Å². The van der Waals surface area contributed by atoms with Gasteiger partial charge in [-0.05, 0) is 44.2 Å². The van der Waals surface area contributed by atoms with Crippen molar-refractivity contribution in [1.82, 2.24) is 9.88 Å². The van der Waals surface area contributed by atoms with Crippen molar-refractivity contribution in [2.45, 2.75) is 26.9 Å². The third-order valence-electron chi connectivity index (χ3n) is 3.69. The fourth-order valence-corrected chi connectivity index (χ4v) is 2.54. The number of nitrogens with zero attached hydrogens (tertiary/aromatic N) is 2. The lowest BCUT2D eigenvalue weighted by molar-refractivity contribution is 0.285. The Balaban J connectivity index is 1.73. The summed E-state index contributed by atoms with van der Waals surface area (Å²) in [4.78, 5) is 6.75. The minimum Gasteiger partial charge on any atom is -0.439 e. The predicted octanol–water partition coefficient (Wildman–Crippen LogP) is 4.08. The van der Waals surface area contributed by atoms with Crippen LogP contribution in [0.3, 0.4) is 0 Å². The predicted molar refractivity (Wildman–Crippen MR) is 85.1 cm³/mol. The number of rotatable bonds is 4. The van der Waals surface area contributed by atoms with E-state index in [0.29, 0.717) is 6.54 Å². The first kappa shape index (κ1) is 13.8. The molecule has 108 valence electrons. The highest BCUT2D eigenvalue weighted by atomic mass is 16.3. The maximum absolute atomic E-state index is 5.78. The Hall–Kier alpha value is -2.13. The molecule has 3 heteroatoms. The Kier molecular flexibility index (Phi) is 3.76. The van der Waals surface area contributed by atoms with Gasteiger partial charge in [-0.1, -0.05) is 35.9 Å². The van der Waals surface area contributed by atoms with E-state index in [0.717, 1.165) is 23.5 Å². The van der Waals surface area contributed by atoms with Crippen molar-refractivity contribution in [3.8, 4) is 0 Å². The lowest BCUT2D eigenvalue weighted by Crippen LogP contribution is -2.18. The summed E-state index contributed by atoms with van der Waals surface area (Å²) in [5, 5.41) is 0. The van der Waals surface area contributed by atoms with Crippen LogP contribution in [0.2, 0.25) is 0 Å². The highest BCUT2D eigenvalue weighted by Crippen LogP contribution is 2.17. The molecule has 0 aliphatic heterocycles. The van der Waals surface area contributed by atoms with Gasteiger partial charge in [0, 0.05) is 6.54 Å². The number of oxazole rings is 1. The van der Waals surface area contributed by atoms with Crippen LogP contribution in [0, 0.1) is 13.8 Å². The summed E-state index contributed by atoms with van der Waals surface area (Å²) in [6, 6.07) is 14.5. The maximum Gasteiger partial charge on any atom is 0.209 e. The van der Waals surface area contributed by atoms with Crippen molar-refractivity contribution >= 4 is 11.1 Å². The molecule has 0 aliphatic rings. The molecule has 1 aromatic heterocycles. The molecule has 21 heavy (non-hydrogen) atoms. The molecule has 0 N–H and O–H groups in total. The van der Waals surface area contributed by atoms with Crippen molar-refractivity contribution in [2.75, 3.05) is 7.05 Å². The number of para-hydroxylation sites is 2. The van der Waals surface area contributed by atoms with Gasteiger partial charge in [0.05, 0.1) is 6.54 Å². The first-order chi connectivity index (χ1) is 10.1. The largest absolute Gasteiger partial charge is 0.439 e. The van der Waals surface area contributed by atoms with Crippen molar-refractivity contribution < 1.29 is 4.42 Å². The maximum atomic E-state index is 5.78. The molecular formula is C18H20N2O. The Labute approximate surface area is 125 Å². The molecule has 0 atom stereocenters. The molecule has 3 aromatic rings. The second kappa shape index (κ2) is 5.70. The topological polar surface area (TPSA) is 29.3 Å². The molecule has 0 unspecified atom stereocenters. The zero-order valence-electron chi connectivity index (χ0n) is 12.8. The zero-order valence-corrected chi connectivity index (χ0v) is 12.8. The quantitative estimate of drug-likeness (QED) is 0.721. The van der Waals surface area contributed by atoms with Gasteiger partial charge >= 0.3 is 0 Å². The van der Waals surface area contributed by atoms with Crippen LogP contribution in [-0.4, -0.2) is 16.9 Å². The molecule has 0 saturated heterocycles. The standard InChI is InChI=1S/C18H20N2O/c1-13-8-9-14(2)15(10-13)11-20(3)12-18-19-16-6-4-5-7-17(16)21-18/h4-10H,11-12H2,1-3H3. The van der Waals surface area contributed by atoms with Crippen LogP contribution >= 0.6 is 0 Å². The molecule has 0 saturated carbocycles. The molecule has 0 radical (unpaired) electrons. The highest BCUT2D eigenvalue weighted by Gasteiger charge is 2.09. The van der Waals surface area contributed by atoms with Crippen LogP contribution < -0.4 is 0 Å². The van der Waals surface area contributed by atoms with Gasteiger partial charge in [-0.15, -0.1) is 0 Å². The van der Waals surface area contributed by atoms with Gasteiger partial charge < -0.3 is 4.42 Å². The van der Waals surface area contributed by atoms with Crippen LogP contribution in [0.25, 0.3) is 11.1 Å². The van der Waals surface area contributed by atoms with E-state index in [1.165, 1.54) is 16.7 Å². The molecular weight excluding hydrogens is 260 g/mol. The van der Waals surface area contributed by atoms with Gasteiger partial charge in [0.25, 0.3) is 0 Å². The third-order valence-corrected chi connectivity index (χ3v) is 3.69. The second-order valence-corrected chi connectivity index (χ2v) is 5.68. The molecule has 0 amide bonds. The third kappa shape index (κ3) is 3.14. The summed E-state index contributed by atoms with van der Waals surface area (Å²) in [7, 11) is 2.09. The van der Waals surface area contributed by atoms with Gasteiger partial charge in [0.15, 0.2) is 5.58 Å². The summed E-state index contributed by atoms with van der Waals surface area (Å²) in [6.07, 6.45) is 0. The van der Waals surface area contributed by atoms with Gasteiger partial charge in [-0.2, -0.15) is 0 Å². The van der Waals surface area contributed by atoms with E-state index in [-0.39, 0.29) is 0 Å². The summed E-state index contributed by atoms with van der Waals surface area (Å²) < 4.78 is 5.78. The number of benzene rings is 2. The Morgan fingerprint density at radius 1 is 1.05 bits per heavy atom. The van der Waals surface area contributed by atoms with Gasteiger partial charge in [-0.3, -0.25) is 4.90 Å². The monoisotopic (exact) mass is 280 g/mol. The van der Waals surface area contributed by atoms with Crippen LogP contribution in [-0.2, 0) is 13.1 Å². The van der Waals surface area contributed by atoms with Crippen molar-refractivity contribution in [1.29, 1.82) is 0 Å². The van der Waals surface area contributed by atoms with Gasteiger partial charge in [0.1, 0.15) is 5.52 Å². The highest BCUT2D eigenvalue weighted by molar-refractivity contribution is 5.72. The summed E-state index contributed by atoms with van der Waals surface area (Å²) in [5.41, 5.74) is 5.75. The van der Waals surface area contributed by atoms with Crippen molar-refractivity contribution in [3.05, 3.63) is 65.0 Å². The van der Waals surface area contributed by atoms with Gasteiger partial charge in [-0.25, -0.2) is 4.98 Å². The molecule has 3 rings (SSSR count). The number of fused-ring (bicyclic) bond motifs is 1. The Bertz CT molecular complexity index is 728. The second-order valence-electron chi connectivity index (χ2n) is 5.68. The minimum absolute atomic E-state index is 0.710. The van der Waals surface area contributed by atoms with Gasteiger partial charge in [0.2, 0.25) is 5.89 Å². The molecule has 0 spiro atoms. The van der Waals surface area contributed by atoms with E-state index in [1.807, 2.05) is 24.3 Å². The lowest BCUT2D eigenvalue weighted by atomic mass is 10.1. The average molecular weight is 280 g/mol. The number of hydrogen-bond donors (Lipinski definition) is 0. The van der Waals surface area contributed by atoms with Crippen LogP contribution in [0.1, 0.15) is 22.6 Å². The van der Waals surface area contributed by atoms with Crippen LogP contribution in [0.5, 0.6) is 0 Å². The van der Waals surface area contributed by atoms with E-state index in [1.54, 1.807) is 0 Å². The molecule has 0 fully saturated rings. The van der Waals surface area contributed by atoms with Crippen LogP contribution in [0.15, 0.2) is 46.9 Å². The molecule has 3 nitrogen and oxygen atoms in total. The minimum atomic E-state index is 0.710. The van der Waals surface area contributed by atoms with Crippen LogP contribution in [0.4, 0.5) is 0 Å². The zero-order chi connectivity index (χ0) is 14.8. The summed E-state index contributed by atoms with van der Waals surface area (Å²) in [6.45, 7) is 5.89. The first-order valence-corrected chi connectivity index (χ1v) is 7.21. The summed E-state index contributed by atoms with van der Waals surface area (Å²) in [5.74, 6) is 0.768. The van der Waals surface area contributed by atoms with E-state index in [2.05, 4.69) is 49.0 Å². The van der Waals surface area contributed by atoms with Crippen molar-refractivity contribution in [2.24, 2.45) is 0 Å². The Morgan fingerprint density at radius 2 is 1.86 bits per heavy atom. The normalized spacial score (nSPS) is 11.4. The van der Waals surface area contributed by atoms with E-state index < -0.39 is 0 Å². The fourth-order valence-electron chi connectivity index (χ4n) is 2.54.